The largest absolute Gasteiger partial charge is 0.396 e. The molecule has 114 valence electrons. The van der Waals surface area contributed by atoms with Crippen molar-refractivity contribution in [2.45, 2.75) is 31.7 Å². The molecule has 1 aliphatic carbocycles. The Morgan fingerprint density at radius 3 is 2.81 bits per heavy atom. The molecule has 21 heavy (non-hydrogen) atoms. The van der Waals surface area contributed by atoms with E-state index in [2.05, 4.69) is 5.32 Å². The van der Waals surface area contributed by atoms with Crippen molar-refractivity contribution in [2.24, 2.45) is 5.92 Å². The van der Waals surface area contributed by atoms with Gasteiger partial charge in [0.25, 0.3) is 11.6 Å². The summed E-state index contributed by atoms with van der Waals surface area (Å²) >= 11 is 0. The summed E-state index contributed by atoms with van der Waals surface area (Å²) in [6.45, 7) is 0.0346. The van der Waals surface area contributed by atoms with Crippen molar-refractivity contribution >= 4 is 17.3 Å². The molecule has 7 nitrogen and oxygen atoms in total. The van der Waals surface area contributed by atoms with Gasteiger partial charge < -0.3 is 16.2 Å². The summed E-state index contributed by atoms with van der Waals surface area (Å²) in [7, 11) is 0. The Balaban J connectivity index is 2.13. The first kappa shape index (κ1) is 15.2. The van der Waals surface area contributed by atoms with Crippen molar-refractivity contribution in [1.29, 1.82) is 0 Å². The molecule has 0 aliphatic heterocycles. The highest BCUT2D eigenvalue weighted by atomic mass is 16.6. The quantitative estimate of drug-likeness (QED) is 0.441. The predicted molar refractivity (Wildman–Crippen MR) is 77.8 cm³/mol. The molecule has 0 aromatic heterocycles. The lowest BCUT2D eigenvalue weighted by Crippen LogP contribution is -2.43. The van der Waals surface area contributed by atoms with Gasteiger partial charge in [0.1, 0.15) is 5.69 Å². The number of aliphatic hydroxyl groups is 1. The number of nitrogens with two attached hydrogens (primary N) is 1. The molecule has 1 fully saturated rings. The van der Waals surface area contributed by atoms with Gasteiger partial charge in [-0.15, -0.1) is 0 Å². The molecule has 1 saturated carbocycles. The molecule has 1 amide bonds. The van der Waals surface area contributed by atoms with Crippen molar-refractivity contribution in [2.75, 3.05) is 12.3 Å². The SMILES string of the molecule is Nc1ccc(C(=O)NC2CCCCC2CO)cc1[N+](=O)[O-]. The molecule has 4 N–H and O–H groups in total. The lowest BCUT2D eigenvalue weighted by Gasteiger charge is -2.30. The maximum atomic E-state index is 12.2. The van der Waals surface area contributed by atoms with Gasteiger partial charge >= 0.3 is 0 Å². The number of carbonyl (C=O) groups excluding carboxylic acids is 1. The van der Waals surface area contributed by atoms with Crippen LogP contribution in [0.5, 0.6) is 0 Å². The number of aliphatic hydroxyl groups excluding tert-OH is 1. The van der Waals surface area contributed by atoms with E-state index in [1.807, 2.05) is 0 Å². The Kier molecular flexibility index (Phi) is 4.74. The Hall–Kier alpha value is -2.15. The molecule has 2 unspecified atom stereocenters. The topological polar surface area (TPSA) is 118 Å². The second kappa shape index (κ2) is 6.53. The third-order valence-corrected chi connectivity index (χ3v) is 3.95. The average Bonchev–Trinajstić information content (AvgIpc) is 2.47. The Bertz CT molecular complexity index is 547. The van der Waals surface area contributed by atoms with Crippen molar-refractivity contribution in [3.8, 4) is 0 Å². The van der Waals surface area contributed by atoms with Gasteiger partial charge in [0.2, 0.25) is 0 Å². The number of nitrogen functional groups attached to an aromatic ring is 1. The number of rotatable bonds is 4. The smallest absolute Gasteiger partial charge is 0.292 e. The molecule has 0 saturated heterocycles. The molecular weight excluding hydrogens is 274 g/mol. The van der Waals surface area contributed by atoms with Gasteiger partial charge in [-0.1, -0.05) is 12.8 Å². The van der Waals surface area contributed by atoms with Crippen LogP contribution in [0.1, 0.15) is 36.0 Å². The zero-order valence-electron chi connectivity index (χ0n) is 11.6. The number of hydrogen-bond donors (Lipinski definition) is 3. The first-order chi connectivity index (χ1) is 10.0. The van der Waals surface area contributed by atoms with Crippen molar-refractivity contribution in [3.63, 3.8) is 0 Å². The van der Waals surface area contributed by atoms with Crippen molar-refractivity contribution in [3.05, 3.63) is 33.9 Å². The summed E-state index contributed by atoms with van der Waals surface area (Å²) in [4.78, 5) is 22.4. The van der Waals surface area contributed by atoms with E-state index in [-0.39, 0.29) is 41.4 Å². The highest BCUT2D eigenvalue weighted by Crippen LogP contribution is 2.25. The third kappa shape index (κ3) is 3.49. The molecular formula is C14H19N3O4. The second-order valence-electron chi connectivity index (χ2n) is 5.34. The number of hydrogen-bond acceptors (Lipinski definition) is 5. The Morgan fingerprint density at radius 2 is 2.14 bits per heavy atom. The van der Waals surface area contributed by atoms with E-state index in [4.69, 9.17) is 5.73 Å². The summed E-state index contributed by atoms with van der Waals surface area (Å²) in [6.07, 6.45) is 3.74. The summed E-state index contributed by atoms with van der Waals surface area (Å²) in [5.41, 5.74) is 5.48. The van der Waals surface area contributed by atoms with E-state index in [1.165, 1.54) is 18.2 Å². The summed E-state index contributed by atoms with van der Waals surface area (Å²) in [6, 6.07) is 3.92. The Labute approximate surface area is 122 Å². The number of nitrogens with zero attached hydrogens (tertiary/aromatic N) is 1. The number of nitrogens with one attached hydrogen (secondary N) is 1. The van der Waals surface area contributed by atoms with Crippen LogP contribution in [0, 0.1) is 16.0 Å². The van der Waals surface area contributed by atoms with E-state index < -0.39 is 4.92 Å². The lowest BCUT2D eigenvalue weighted by atomic mass is 9.85. The zero-order valence-corrected chi connectivity index (χ0v) is 11.6. The van der Waals surface area contributed by atoms with Crippen LogP contribution >= 0.6 is 0 Å². The maximum Gasteiger partial charge on any atom is 0.292 e. The monoisotopic (exact) mass is 293 g/mol. The van der Waals surface area contributed by atoms with Gasteiger partial charge in [-0.2, -0.15) is 0 Å². The minimum absolute atomic E-state index is 0.0300. The number of benzene rings is 1. The fourth-order valence-corrected chi connectivity index (χ4v) is 2.71. The fraction of sp³-hybridized carbons (Fsp3) is 0.500. The van der Waals surface area contributed by atoms with Crippen LogP contribution in [0.3, 0.4) is 0 Å². The number of nitro groups is 1. The van der Waals surface area contributed by atoms with Crippen molar-refractivity contribution in [1.82, 2.24) is 5.32 Å². The normalized spacial score (nSPS) is 21.8. The molecule has 1 aromatic rings. The molecule has 2 rings (SSSR count). The maximum absolute atomic E-state index is 12.2. The summed E-state index contributed by atoms with van der Waals surface area (Å²) in [5, 5.41) is 23.0. The molecule has 0 heterocycles. The molecule has 1 aromatic carbocycles. The number of carbonyl (C=O) groups is 1. The van der Waals surface area contributed by atoms with Gasteiger partial charge in [-0.05, 0) is 25.0 Å². The van der Waals surface area contributed by atoms with E-state index in [1.54, 1.807) is 0 Å². The van der Waals surface area contributed by atoms with E-state index in [0.717, 1.165) is 25.7 Å². The second-order valence-corrected chi connectivity index (χ2v) is 5.34. The van der Waals surface area contributed by atoms with Gasteiger partial charge in [0, 0.05) is 30.2 Å². The predicted octanol–water partition coefficient (Wildman–Crippen LogP) is 1.46. The molecule has 0 radical (unpaired) electrons. The van der Waals surface area contributed by atoms with E-state index in [9.17, 15) is 20.0 Å². The van der Waals surface area contributed by atoms with E-state index >= 15 is 0 Å². The first-order valence-electron chi connectivity index (χ1n) is 6.98. The van der Waals surface area contributed by atoms with Crippen LogP contribution in [0.2, 0.25) is 0 Å². The first-order valence-corrected chi connectivity index (χ1v) is 6.98. The number of anilines is 1. The van der Waals surface area contributed by atoms with Gasteiger partial charge in [-0.25, -0.2) is 0 Å². The number of nitro benzene ring substituents is 1. The van der Waals surface area contributed by atoms with Crippen LogP contribution in [0.25, 0.3) is 0 Å². The van der Waals surface area contributed by atoms with Crippen LogP contribution in [0.4, 0.5) is 11.4 Å². The minimum Gasteiger partial charge on any atom is -0.396 e. The van der Waals surface area contributed by atoms with E-state index in [0.29, 0.717) is 0 Å². The molecule has 1 aliphatic rings. The van der Waals surface area contributed by atoms with Crippen LogP contribution in [-0.2, 0) is 0 Å². The zero-order chi connectivity index (χ0) is 15.4. The molecule has 2 atom stereocenters. The van der Waals surface area contributed by atoms with Crippen molar-refractivity contribution < 1.29 is 14.8 Å². The van der Waals surface area contributed by atoms with Crippen LogP contribution < -0.4 is 11.1 Å². The van der Waals surface area contributed by atoms with Gasteiger partial charge in [0.15, 0.2) is 0 Å². The molecule has 0 spiro atoms. The van der Waals surface area contributed by atoms with Crippen LogP contribution in [0.15, 0.2) is 18.2 Å². The number of amides is 1. The molecule has 7 heteroatoms. The molecule has 0 bridgehead atoms. The van der Waals surface area contributed by atoms with Gasteiger partial charge in [-0.3, -0.25) is 14.9 Å². The standard InChI is InChI=1S/C14H19N3O4/c15-11-6-5-9(7-13(11)17(20)21)14(19)16-12-4-2-1-3-10(12)8-18/h5-7,10,12,18H,1-4,8,15H2,(H,16,19). The third-order valence-electron chi connectivity index (χ3n) is 3.95. The Morgan fingerprint density at radius 1 is 1.43 bits per heavy atom. The summed E-state index contributed by atoms with van der Waals surface area (Å²) in [5.74, 6) is -0.324. The average molecular weight is 293 g/mol. The lowest BCUT2D eigenvalue weighted by molar-refractivity contribution is -0.383. The van der Waals surface area contributed by atoms with Gasteiger partial charge in [0.05, 0.1) is 4.92 Å². The highest BCUT2D eigenvalue weighted by molar-refractivity contribution is 5.95. The fourth-order valence-electron chi connectivity index (χ4n) is 2.71. The summed E-state index contributed by atoms with van der Waals surface area (Å²) < 4.78 is 0. The van der Waals surface area contributed by atoms with Crippen LogP contribution in [-0.4, -0.2) is 28.6 Å². The minimum atomic E-state index is -0.608. The highest BCUT2D eigenvalue weighted by Gasteiger charge is 2.26.